The number of piperidine rings is 1. The van der Waals surface area contributed by atoms with Gasteiger partial charge < -0.3 is 5.32 Å². The molecule has 0 aromatic heterocycles. The van der Waals surface area contributed by atoms with Gasteiger partial charge in [-0.15, -0.1) is 0 Å². The van der Waals surface area contributed by atoms with Crippen LogP contribution in [0.15, 0.2) is 77.7 Å². The monoisotopic (exact) mass is 496 g/mol. The number of rotatable bonds is 6. The number of hydrogen-bond donors (Lipinski definition) is 1. The van der Waals surface area contributed by atoms with Crippen LogP contribution in [0.4, 0.5) is 0 Å². The van der Waals surface area contributed by atoms with Crippen molar-refractivity contribution in [3.63, 3.8) is 0 Å². The molecule has 3 aromatic carbocycles. The molecule has 178 valence electrons. The number of sulfonamides is 1. The van der Waals surface area contributed by atoms with Crippen LogP contribution in [0.2, 0.25) is 5.02 Å². The van der Waals surface area contributed by atoms with Crippen LogP contribution in [-0.2, 0) is 10.0 Å². The molecule has 7 heteroatoms. The summed E-state index contributed by atoms with van der Waals surface area (Å²) >= 11 is 6.38. The summed E-state index contributed by atoms with van der Waals surface area (Å²) in [5.41, 5.74) is 3.07. The number of aryl methyl sites for hydroxylation is 1. The van der Waals surface area contributed by atoms with Crippen LogP contribution in [0, 0.1) is 12.8 Å². The van der Waals surface area contributed by atoms with Crippen molar-refractivity contribution in [1.29, 1.82) is 0 Å². The Bertz CT molecular complexity index is 1270. The van der Waals surface area contributed by atoms with E-state index in [9.17, 15) is 13.2 Å². The second-order valence-electron chi connectivity index (χ2n) is 8.90. The average molecular weight is 497 g/mol. The Morgan fingerprint density at radius 3 is 2.32 bits per heavy atom. The topological polar surface area (TPSA) is 66.5 Å². The molecular formula is C27H29ClN2O3S. The Balaban J connectivity index is 1.66. The van der Waals surface area contributed by atoms with Gasteiger partial charge in [-0.3, -0.25) is 4.79 Å². The van der Waals surface area contributed by atoms with Gasteiger partial charge in [0, 0.05) is 13.1 Å². The van der Waals surface area contributed by atoms with Crippen LogP contribution in [0.1, 0.15) is 52.9 Å². The molecule has 4 rings (SSSR count). The van der Waals surface area contributed by atoms with E-state index in [4.69, 9.17) is 11.6 Å². The quantitative estimate of drug-likeness (QED) is 0.483. The maximum Gasteiger partial charge on any atom is 0.253 e. The van der Waals surface area contributed by atoms with Crippen LogP contribution >= 0.6 is 11.6 Å². The van der Waals surface area contributed by atoms with E-state index in [0.29, 0.717) is 19.0 Å². The van der Waals surface area contributed by atoms with Gasteiger partial charge in [0.25, 0.3) is 5.91 Å². The number of amides is 1. The minimum atomic E-state index is -3.70. The third-order valence-electron chi connectivity index (χ3n) is 6.47. The number of nitrogens with one attached hydrogen (secondary N) is 1. The summed E-state index contributed by atoms with van der Waals surface area (Å²) in [6.07, 6.45) is 1.66. The maximum absolute atomic E-state index is 13.4. The van der Waals surface area contributed by atoms with Crippen LogP contribution in [0.5, 0.6) is 0 Å². The maximum atomic E-state index is 13.4. The largest absolute Gasteiger partial charge is 0.341 e. The molecular weight excluding hydrogens is 468 g/mol. The molecule has 5 nitrogen and oxygen atoms in total. The number of halogens is 1. The van der Waals surface area contributed by atoms with Gasteiger partial charge in [-0.25, -0.2) is 8.42 Å². The lowest BCUT2D eigenvalue weighted by molar-refractivity contribution is 0.0943. The highest BCUT2D eigenvalue weighted by Crippen LogP contribution is 2.29. The molecule has 1 heterocycles. The fourth-order valence-electron chi connectivity index (χ4n) is 4.32. The highest BCUT2D eigenvalue weighted by atomic mass is 35.5. The lowest BCUT2D eigenvalue weighted by Gasteiger charge is -2.29. The second-order valence-corrected chi connectivity index (χ2v) is 11.2. The first kappa shape index (κ1) is 24.5. The lowest BCUT2D eigenvalue weighted by Crippen LogP contribution is -2.38. The van der Waals surface area contributed by atoms with Crippen molar-refractivity contribution in [3.05, 3.63) is 100 Å². The van der Waals surface area contributed by atoms with Crippen molar-refractivity contribution in [2.75, 3.05) is 13.1 Å². The minimum Gasteiger partial charge on any atom is -0.341 e. The predicted molar refractivity (Wildman–Crippen MR) is 136 cm³/mol. The zero-order valence-corrected chi connectivity index (χ0v) is 20.9. The van der Waals surface area contributed by atoms with Gasteiger partial charge in [0.15, 0.2) is 0 Å². The van der Waals surface area contributed by atoms with E-state index in [1.54, 1.807) is 0 Å². The second kappa shape index (κ2) is 10.3. The summed E-state index contributed by atoms with van der Waals surface area (Å²) in [6, 6.07) is 21.5. The highest BCUT2D eigenvalue weighted by Gasteiger charge is 2.29. The first-order valence-corrected chi connectivity index (χ1v) is 13.3. The number of benzene rings is 3. The summed E-state index contributed by atoms with van der Waals surface area (Å²) in [5, 5.41) is 3.29. The summed E-state index contributed by atoms with van der Waals surface area (Å²) in [4.78, 5) is 13.5. The Kier molecular flexibility index (Phi) is 7.41. The summed E-state index contributed by atoms with van der Waals surface area (Å²) < 4.78 is 28.0. The molecule has 0 saturated carbocycles. The van der Waals surface area contributed by atoms with Gasteiger partial charge in [-0.1, -0.05) is 73.1 Å². The van der Waals surface area contributed by atoms with E-state index in [1.807, 2.05) is 61.5 Å². The molecule has 0 bridgehead atoms. The standard InChI is InChI=1S/C27H29ClN2O3S/c1-19-14-16-30(17-15-19)34(32,33)22-12-13-25(28)24(18-22)27(31)29-26(21-9-4-3-5-10-21)23-11-7-6-8-20(23)2/h3-13,18-19,26H,14-17H2,1-2H3,(H,29,31)/t26-/m1/s1. The smallest absolute Gasteiger partial charge is 0.253 e. The molecule has 34 heavy (non-hydrogen) atoms. The lowest BCUT2D eigenvalue weighted by atomic mass is 9.94. The summed E-state index contributed by atoms with van der Waals surface area (Å²) in [5.74, 6) is 0.0841. The normalized spacial score (nSPS) is 16.2. The Morgan fingerprint density at radius 1 is 1.00 bits per heavy atom. The molecule has 0 aliphatic carbocycles. The zero-order chi connectivity index (χ0) is 24.3. The first-order chi connectivity index (χ1) is 16.3. The number of hydrogen-bond acceptors (Lipinski definition) is 3. The highest BCUT2D eigenvalue weighted by molar-refractivity contribution is 7.89. The predicted octanol–water partition coefficient (Wildman–Crippen LogP) is 5.59. The van der Waals surface area contributed by atoms with E-state index < -0.39 is 22.0 Å². The van der Waals surface area contributed by atoms with E-state index in [1.165, 1.54) is 22.5 Å². The van der Waals surface area contributed by atoms with E-state index in [2.05, 4.69) is 12.2 Å². The fraction of sp³-hybridized carbons (Fsp3) is 0.296. The molecule has 1 saturated heterocycles. The van der Waals surface area contributed by atoms with Crippen molar-refractivity contribution in [2.24, 2.45) is 5.92 Å². The summed E-state index contributed by atoms with van der Waals surface area (Å²) in [6.45, 7) is 5.09. The molecule has 1 fully saturated rings. The SMILES string of the molecule is Cc1ccccc1[C@H](NC(=O)c1cc(S(=O)(=O)N2CCC(C)CC2)ccc1Cl)c1ccccc1. The molecule has 1 amide bonds. The van der Waals surface area contributed by atoms with Gasteiger partial charge in [0.05, 0.1) is 21.5 Å². The van der Waals surface area contributed by atoms with Crippen LogP contribution in [0.25, 0.3) is 0 Å². The molecule has 3 aromatic rings. The average Bonchev–Trinajstić information content (AvgIpc) is 2.84. The molecule has 0 spiro atoms. The summed E-state index contributed by atoms with van der Waals surface area (Å²) in [7, 11) is -3.70. The van der Waals surface area contributed by atoms with Crippen LogP contribution in [0.3, 0.4) is 0 Å². The van der Waals surface area contributed by atoms with Gasteiger partial charge in [-0.2, -0.15) is 4.31 Å². The number of carbonyl (C=O) groups excluding carboxylic acids is 1. The Morgan fingerprint density at radius 2 is 1.65 bits per heavy atom. The number of carbonyl (C=O) groups is 1. The van der Waals surface area contributed by atoms with E-state index >= 15 is 0 Å². The van der Waals surface area contributed by atoms with Crippen LogP contribution in [-0.4, -0.2) is 31.7 Å². The van der Waals surface area contributed by atoms with Gasteiger partial charge in [-0.05, 0) is 60.6 Å². The third kappa shape index (κ3) is 5.19. The first-order valence-electron chi connectivity index (χ1n) is 11.5. The number of nitrogens with zero attached hydrogens (tertiary/aromatic N) is 1. The van der Waals surface area contributed by atoms with E-state index in [-0.39, 0.29) is 15.5 Å². The Labute approximate surface area is 206 Å². The zero-order valence-electron chi connectivity index (χ0n) is 19.4. The van der Waals surface area contributed by atoms with Crippen molar-refractivity contribution >= 4 is 27.5 Å². The van der Waals surface area contributed by atoms with E-state index in [0.717, 1.165) is 29.5 Å². The molecule has 1 aliphatic rings. The van der Waals surface area contributed by atoms with Crippen molar-refractivity contribution in [2.45, 2.75) is 37.6 Å². The Hall–Kier alpha value is -2.67. The van der Waals surface area contributed by atoms with Crippen molar-refractivity contribution in [1.82, 2.24) is 9.62 Å². The molecule has 0 unspecified atom stereocenters. The van der Waals surface area contributed by atoms with Gasteiger partial charge in [0.1, 0.15) is 0 Å². The molecule has 1 aliphatic heterocycles. The van der Waals surface area contributed by atoms with Crippen molar-refractivity contribution in [3.8, 4) is 0 Å². The third-order valence-corrected chi connectivity index (χ3v) is 8.69. The molecule has 1 atom stereocenters. The molecule has 1 N–H and O–H groups in total. The molecule has 0 radical (unpaired) electrons. The minimum absolute atomic E-state index is 0.0868. The van der Waals surface area contributed by atoms with Crippen molar-refractivity contribution < 1.29 is 13.2 Å². The van der Waals surface area contributed by atoms with Gasteiger partial charge in [0.2, 0.25) is 10.0 Å². The van der Waals surface area contributed by atoms with Gasteiger partial charge >= 0.3 is 0 Å². The fourth-order valence-corrected chi connectivity index (χ4v) is 6.02. The van der Waals surface area contributed by atoms with Crippen LogP contribution < -0.4 is 5.32 Å².